The number of Topliss-reactive ketones (excluding diaryl/α,β-unsaturated/α-hetero) is 1. The summed E-state index contributed by atoms with van der Waals surface area (Å²) in [6.07, 6.45) is 2.14. The zero-order valence-corrected chi connectivity index (χ0v) is 15.7. The van der Waals surface area contributed by atoms with Crippen LogP contribution in [-0.2, 0) is 4.79 Å². The van der Waals surface area contributed by atoms with Crippen molar-refractivity contribution >= 4 is 35.9 Å². The van der Waals surface area contributed by atoms with E-state index in [9.17, 15) is 14.0 Å². The Labute approximate surface area is 158 Å². The van der Waals surface area contributed by atoms with Crippen LogP contribution in [0.1, 0.15) is 29.6 Å². The van der Waals surface area contributed by atoms with Crippen molar-refractivity contribution in [2.45, 2.75) is 25.3 Å². The Morgan fingerprint density at radius 1 is 1.28 bits per heavy atom. The van der Waals surface area contributed by atoms with Crippen LogP contribution in [0.3, 0.4) is 0 Å². The third-order valence-electron chi connectivity index (χ3n) is 4.69. The summed E-state index contributed by atoms with van der Waals surface area (Å²) in [5, 5.41) is 3.38. The summed E-state index contributed by atoms with van der Waals surface area (Å²) < 4.78 is 13.0. The summed E-state index contributed by atoms with van der Waals surface area (Å²) in [4.78, 5) is 27.0. The summed E-state index contributed by atoms with van der Waals surface area (Å²) in [5.41, 5.74) is 0.529. The van der Waals surface area contributed by atoms with Crippen molar-refractivity contribution in [1.29, 1.82) is 0 Å². The number of carbonyl (C=O) groups is 2. The Morgan fingerprint density at radius 3 is 2.72 bits per heavy atom. The maximum Gasteiger partial charge on any atom is 0.224 e. The highest BCUT2D eigenvalue weighted by molar-refractivity contribution is 7.99. The van der Waals surface area contributed by atoms with E-state index < -0.39 is 0 Å². The quantitative estimate of drug-likeness (QED) is 0.808. The predicted molar refractivity (Wildman–Crippen MR) is 101 cm³/mol. The monoisotopic (exact) mass is 386 g/mol. The predicted octanol–water partition coefficient (Wildman–Crippen LogP) is 2.76. The molecule has 4 nitrogen and oxygen atoms in total. The van der Waals surface area contributed by atoms with Crippen LogP contribution in [0.15, 0.2) is 24.3 Å². The summed E-state index contributed by atoms with van der Waals surface area (Å²) in [6.45, 7) is 2.16. The molecule has 2 unspecified atom stereocenters. The first-order chi connectivity index (χ1) is 11.6. The Hall–Kier alpha value is -1.11. The number of piperidine rings is 1. The molecule has 138 valence electrons. The van der Waals surface area contributed by atoms with Crippen LogP contribution in [0.4, 0.5) is 4.39 Å². The molecule has 2 atom stereocenters. The maximum atomic E-state index is 13.0. The van der Waals surface area contributed by atoms with Crippen LogP contribution >= 0.6 is 24.2 Å². The van der Waals surface area contributed by atoms with E-state index in [1.165, 1.54) is 24.3 Å². The highest BCUT2D eigenvalue weighted by Gasteiger charge is 2.30. The highest BCUT2D eigenvalue weighted by atomic mass is 35.5. The van der Waals surface area contributed by atoms with E-state index in [1.54, 1.807) is 0 Å². The summed E-state index contributed by atoms with van der Waals surface area (Å²) in [7, 11) is 0. The van der Waals surface area contributed by atoms with E-state index in [-0.39, 0.29) is 41.9 Å². The molecule has 1 aromatic rings. The van der Waals surface area contributed by atoms with Gasteiger partial charge in [0.05, 0.1) is 0 Å². The second-order valence-electron chi connectivity index (χ2n) is 6.48. The molecule has 2 fully saturated rings. The number of benzene rings is 1. The highest BCUT2D eigenvalue weighted by Crippen LogP contribution is 2.22. The molecule has 1 aromatic carbocycles. The topological polar surface area (TPSA) is 49.4 Å². The summed E-state index contributed by atoms with van der Waals surface area (Å²) in [6, 6.07) is 5.92. The molecule has 0 spiro atoms. The van der Waals surface area contributed by atoms with Crippen LogP contribution in [0.25, 0.3) is 0 Å². The van der Waals surface area contributed by atoms with Gasteiger partial charge >= 0.3 is 0 Å². The van der Waals surface area contributed by atoms with E-state index in [2.05, 4.69) is 5.32 Å². The van der Waals surface area contributed by atoms with E-state index in [4.69, 9.17) is 0 Å². The molecular formula is C18H24ClFN2O2S. The number of likely N-dealkylation sites (tertiary alicyclic amines) is 1. The molecule has 0 saturated carbocycles. The van der Waals surface area contributed by atoms with Crippen molar-refractivity contribution in [3.05, 3.63) is 35.6 Å². The molecule has 1 amide bonds. The standard InChI is InChI=1S/C18H23FN2O2S.ClH/c19-15-5-3-13(4-6-15)18(23)14-2-1-8-21(11-14)17(22)10-16-12-24-9-7-20-16;/h3-6,14,16,20H,1-2,7-12H2;1H. The Morgan fingerprint density at radius 2 is 2.04 bits per heavy atom. The minimum Gasteiger partial charge on any atom is -0.342 e. The van der Waals surface area contributed by atoms with E-state index in [0.717, 1.165) is 37.4 Å². The summed E-state index contributed by atoms with van der Waals surface area (Å²) >= 11 is 1.88. The third kappa shape index (κ3) is 5.43. The first-order valence-corrected chi connectivity index (χ1v) is 9.67. The van der Waals surface area contributed by atoms with Gasteiger partial charge < -0.3 is 10.2 Å². The van der Waals surface area contributed by atoms with Crippen molar-refractivity contribution in [3.63, 3.8) is 0 Å². The van der Waals surface area contributed by atoms with Gasteiger partial charge in [-0.2, -0.15) is 11.8 Å². The normalized spacial score (nSPS) is 23.6. The van der Waals surface area contributed by atoms with Crippen LogP contribution in [0, 0.1) is 11.7 Å². The number of nitrogens with zero attached hydrogens (tertiary/aromatic N) is 1. The lowest BCUT2D eigenvalue weighted by Gasteiger charge is -2.33. The number of ketones is 1. The van der Waals surface area contributed by atoms with Gasteiger partial charge in [-0.15, -0.1) is 12.4 Å². The first kappa shape index (κ1) is 20.2. The molecular weight excluding hydrogens is 363 g/mol. The Bertz CT molecular complexity index is 593. The number of amides is 1. The average molecular weight is 387 g/mol. The number of carbonyl (C=O) groups excluding carboxylic acids is 2. The van der Waals surface area contributed by atoms with Gasteiger partial charge in [-0.1, -0.05) is 0 Å². The molecule has 2 saturated heterocycles. The lowest BCUT2D eigenvalue weighted by Crippen LogP contribution is -2.46. The lowest BCUT2D eigenvalue weighted by atomic mass is 9.89. The van der Waals surface area contributed by atoms with Gasteiger partial charge in [0.25, 0.3) is 0 Å². The smallest absolute Gasteiger partial charge is 0.224 e. The van der Waals surface area contributed by atoms with Crippen molar-refractivity contribution in [1.82, 2.24) is 10.2 Å². The molecule has 0 aliphatic carbocycles. The largest absolute Gasteiger partial charge is 0.342 e. The van der Waals surface area contributed by atoms with Crippen LogP contribution in [-0.4, -0.2) is 53.8 Å². The molecule has 0 aromatic heterocycles. The van der Waals surface area contributed by atoms with E-state index in [1.807, 2.05) is 16.7 Å². The zero-order valence-electron chi connectivity index (χ0n) is 14.1. The van der Waals surface area contributed by atoms with Gasteiger partial charge in [-0.3, -0.25) is 9.59 Å². The van der Waals surface area contributed by atoms with Crippen LogP contribution in [0.2, 0.25) is 0 Å². The van der Waals surface area contributed by atoms with Gasteiger partial charge in [-0.05, 0) is 37.1 Å². The van der Waals surface area contributed by atoms with Gasteiger partial charge in [0.15, 0.2) is 5.78 Å². The molecule has 0 bridgehead atoms. The van der Waals surface area contributed by atoms with Crippen LogP contribution in [0.5, 0.6) is 0 Å². The Balaban J connectivity index is 0.00000225. The molecule has 2 aliphatic heterocycles. The molecule has 7 heteroatoms. The lowest BCUT2D eigenvalue weighted by molar-refractivity contribution is -0.133. The number of thioether (sulfide) groups is 1. The SMILES string of the molecule is Cl.O=C(c1ccc(F)cc1)C1CCCN(C(=O)CC2CSCCN2)C1. The van der Waals surface area contributed by atoms with Gasteiger partial charge in [-0.25, -0.2) is 4.39 Å². The molecule has 2 aliphatic rings. The average Bonchev–Trinajstić information content (AvgIpc) is 2.63. The fraction of sp³-hybridized carbons (Fsp3) is 0.556. The van der Waals surface area contributed by atoms with Crippen LogP contribution < -0.4 is 5.32 Å². The maximum absolute atomic E-state index is 13.0. The van der Waals surface area contributed by atoms with Crippen molar-refractivity contribution in [3.8, 4) is 0 Å². The number of rotatable bonds is 4. The van der Waals surface area contributed by atoms with Crippen molar-refractivity contribution < 1.29 is 14.0 Å². The van der Waals surface area contributed by atoms with E-state index in [0.29, 0.717) is 18.5 Å². The number of halogens is 2. The van der Waals surface area contributed by atoms with Gasteiger partial charge in [0, 0.05) is 55.1 Å². The fourth-order valence-corrected chi connectivity index (χ4v) is 4.31. The first-order valence-electron chi connectivity index (χ1n) is 8.52. The minimum absolute atomic E-state index is 0. The number of nitrogens with one attached hydrogen (secondary N) is 1. The third-order valence-corrected chi connectivity index (χ3v) is 5.82. The number of hydrogen-bond acceptors (Lipinski definition) is 4. The second-order valence-corrected chi connectivity index (χ2v) is 7.63. The molecule has 2 heterocycles. The van der Waals surface area contributed by atoms with E-state index >= 15 is 0 Å². The molecule has 3 rings (SSSR count). The second kappa shape index (κ2) is 9.55. The Kier molecular flexibility index (Phi) is 7.72. The van der Waals surface area contributed by atoms with Crippen molar-refractivity contribution in [2.75, 3.05) is 31.1 Å². The zero-order chi connectivity index (χ0) is 16.9. The minimum atomic E-state index is -0.343. The van der Waals surface area contributed by atoms with Crippen molar-refractivity contribution in [2.24, 2.45) is 5.92 Å². The fourth-order valence-electron chi connectivity index (χ4n) is 3.36. The molecule has 25 heavy (non-hydrogen) atoms. The number of hydrogen-bond donors (Lipinski definition) is 1. The molecule has 0 radical (unpaired) electrons. The summed E-state index contributed by atoms with van der Waals surface area (Å²) in [5.74, 6) is 1.69. The molecule has 1 N–H and O–H groups in total. The van der Waals surface area contributed by atoms with Gasteiger partial charge in [0.2, 0.25) is 5.91 Å². The van der Waals surface area contributed by atoms with Gasteiger partial charge in [0.1, 0.15) is 5.82 Å².